The van der Waals surface area contributed by atoms with Gasteiger partial charge < -0.3 is 10.6 Å². The van der Waals surface area contributed by atoms with Crippen molar-refractivity contribution in [3.05, 3.63) is 28.2 Å². The number of rotatable bonds is 2. The summed E-state index contributed by atoms with van der Waals surface area (Å²) < 4.78 is 1.10. The fourth-order valence-electron chi connectivity index (χ4n) is 2.01. The van der Waals surface area contributed by atoms with Gasteiger partial charge in [0, 0.05) is 23.2 Å². The van der Waals surface area contributed by atoms with E-state index in [1.54, 1.807) is 0 Å². The van der Waals surface area contributed by atoms with Gasteiger partial charge >= 0.3 is 0 Å². The Labute approximate surface area is 104 Å². The largest absolute Gasteiger partial charge is 0.371 e. The molecule has 16 heavy (non-hydrogen) atoms. The number of nitrogens with zero attached hydrogens (tertiary/aromatic N) is 1. The fraction of sp³-hybridized carbons (Fsp3) is 0.417. The van der Waals surface area contributed by atoms with Gasteiger partial charge in [0.25, 0.3) is 0 Å². The van der Waals surface area contributed by atoms with E-state index in [1.807, 2.05) is 0 Å². The predicted octanol–water partition coefficient (Wildman–Crippen LogP) is 2.07. The normalized spacial score (nSPS) is 20.1. The summed E-state index contributed by atoms with van der Waals surface area (Å²) in [6, 6.07) is 6.26. The van der Waals surface area contributed by atoms with Crippen molar-refractivity contribution in [2.75, 3.05) is 18.0 Å². The third kappa shape index (κ3) is 2.21. The van der Waals surface area contributed by atoms with Crippen molar-refractivity contribution in [1.82, 2.24) is 0 Å². The topological polar surface area (TPSA) is 46.3 Å². The van der Waals surface area contributed by atoms with Gasteiger partial charge in [-0.3, -0.25) is 4.79 Å². The minimum atomic E-state index is -0.186. The molecule has 1 fully saturated rings. The number of hydrogen-bond donors (Lipinski definition) is 1. The fourth-order valence-corrected chi connectivity index (χ4v) is 2.37. The summed E-state index contributed by atoms with van der Waals surface area (Å²) in [6.45, 7) is 3.71. The first-order chi connectivity index (χ1) is 7.58. The Hall–Kier alpha value is -1.03. The maximum Gasteiger partial charge on any atom is 0.222 e. The average Bonchev–Trinajstić information content (AvgIpc) is 2.71. The number of carbonyl (C=O) groups is 1. The van der Waals surface area contributed by atoms with Gasteiger partial charge in [-0.25, -0.2) is 0 Å². The van der Waals surface area contributed by atoms with Crippen molar-refractivity contribution in [1.29, 1.82) is 0 Å². The molecule has 1 aromatic rings. The number of hydrogen-bond acceptors (Lipinski definition) is 2. The van der Waals surface area contributed by atoms with Gasteiger partial charge in [-0.15, -0.1) is 0 Å². The molecule has 1 unspecified atom stereocenters. The summed E-state index contributed by atoms with van der Waals surface area (Å²) in [5.74, 6) is -0.186. The van der Waals surface area contributed by atoms with E-state index < -0.39 is 0 Å². The highest BCUT2D eigenvalue weighted by Gasteiger charge is 2.26. The third-order valence-electron chi connectivity index (χ3n) is 3.11. The van der Waals surface area contributed by atoms with E-state index in [2.05, 4.69) is 46.0 Å². The van der Waals surface area contributed by atoms with Gasteiger partial charge in [-0.2, -0.15) is 0 Å². The minimum absolute atomic E-state index is 0.0000728. The number of carbonyl (C=O) groups excluding carboxylic acids is 1. The molecule has 3 nitrogen and oxygen atoms in total. The number of amides is 1. The molecule has 2 N–H and O–H groups in total. The molecule has 0 saturated carbocycles. The summed E-state index contributed by atoms with van der Waals surface area (Å²) in [7, 11) is 0. The molecule has 1 atom stereocenters. The van der Waals surface area contributed by atoms with Crippen molar-refractivity contribution < 1.29 is 4.79 Å². The van der Waals surface area contributed by atoms with Gasteiger partial charge in [-0.05, 0) is 31.0 Å². The van der Waals surface area contributed by atoms with Crippen molar-refractivity contribution in [2.45, 2.75) is 13.3 Å². The Morgan fingerprint density at radius 3 is 2.88 bits per heavy atom. The Morgan fingerprint density at radius 2 is 2.31 bits per heavy atom. The summed E-state index contributed by atoms with van der Waals surface area (Å²) in [4.78, 5) is 13.3. The lowest BCUT2D eigenvalue weighted by Gasteiger charge is -2.18. The number of benzene rings is 1. The molecule has 1 heterocycles. The molecule has 1 saturated heterocycles. The summed E-state index contributed by atoms with van der Waals surface area (Å²) in [5, 5.41) is 0. The molecule has 0 radical (unpaired) electrons. The lowest BCUT2D eigenvalue weighted by atomic mass is 10.1. The molecule has 2 rings (SSSR count). The summed E-state index contributed by atoms with van der Waals surface area (Å²) >= 11 is 3.52. The van der Waals surface area contributed by atoms with Crippen LogP contribution in [0, 0.1) is 12.8 Å². The molecule has 0 aliphatic carbocycles. The number of halogens is 1. The molecule has 1 aliphatic heterocycles. The SMILES string of the molecule is Cc1ccc(N2CCC(C(N)=O)C2)cc1Br. The molecular formula is C12H15BrN2O. The second-order valence-corrected chi connectivity index (χ2v) is 5.12. The zero-order valence-electron chi connectivity index (χ0n) is 9.24. The smallest absolute Gasteiger partial charge is 0.222 e. The van der Waals surface area contributed by atoms with E-state index in [1.165, 1.54) is 5.56 Å². The number of primary amides is 1. The van der Waals surface area contributed by atoms with Gasteiger partial charge in [0.1, 0.15) is 0 Å². The number of anilines is 1. The van der Waals surface area contributed by atoms with Crippen LogP contribution in [0.1, 0.15) is 12.0 Å². The van der Waals surface area contributed by atoms with Crippen LogP contribution in [0.3, 0.4) is 0 Å². The van der Waals surface area contributed by atoms with Crippen LogP contribution in [0.4, 0.5) is 5.69 Å². The zero-order chi connectivity index (χ0) is 11.7. The maximum atomic E-state index is 11.1. The van der Waals surface area contributed by atoms with Gasteiger partial charge in [0.2, 0.25) is 5.91 Å². The van der Waals surface area contributed by atoms with Crippen LogP contribution >= 0.6 is 15.9 Å². The van der Waals surface area contributed by atoms with Gasteiger partial charge in [0.05, 0.1) is 5.92 Å². The molecule has 0 aromatic heterocycles. The van der Waals surface area contributed by atoms with E-state index in [0.29, 0.717) is 0 Å². The third-order valence-corrected chi connectivity index (χ3v) is 3.97. The Balaban J connectivity index is 2.14. The van der Waals surface area contributed by atoms with E-state index in [-0.39, 0.29) is 11.8 Å². The monoisotopic (exact) mass is 282 g/mol. The van der Waals surface area contributed by atoms with Crippen LogP contribution in [0.25, 0.3) is 0 Å². The predicted molar refractivity (Wildman–Crippen MR) is 68.4 cm³/mol. The van der Waals surface area contributed by atoms with Crippen LogP contribution in [0.5, 0.6) is 0 Å². The van der Waals surface area contributed by atoms with Crippen molar-refractivity contribution in [3.63, 3.8) is 0 Å². The first-order valence-corrected chi connectivity index (χ1v) is 6.17. The Kier molecular flexibility index (Phi) is 3.19. The highest BCUT2D eigenvalue weighted by molar-refractivity contribution is 9.10. The zero-order valence-corrected chi connectivity index (χ0v) is 10.8. The van der Waals surface area contributed by atoms with Crippen LogP contribution < -0.4 is 10.6 Å². The lowest BCUT2D eigenvalue weighted by molar-refractivity contribution is -0.121. The number of nitrogens with two attached hydrogens (primary N) is 1. The maximum absolute atomic E-state index is 11.1. The summed E-state index contributed by atoms with van der Waals surface area (Å²) in [5.41, 5.74) is 7.69. The molecule has 1 amide bonds. The average molecular weight is 283 g/mol. The Bertz CT molecular complexity index is 419. The summed E-state index contributed by atoms with van der Waals surface area (Å²) in [6.07, 6.45) is 0.862. The van der Waals surface area contributed by atoms with Crippen LogP contribution in [0.2, 0.25) is 0 Å². The molecule has 0 bridgehead atoms. The van der Waals surface area contributed by atoms with E-state index >= 15 is 0 Å². The van der Waals surface area contributed by atoms with E-state index in [9.17, 15) is 4.79 Å². The van der Waals surface area contributed by atoms with Crippen molar-refractivity contribution in [3.8, 4) is 0 Å². The molecule has 0 spiro atoms. The van der Waals surface area contributed by atoms with Crippen molar-refractivity contribution >= 4 is 27.5 Å². The molecule has 1 aliphatic rings. The van der Waals surface area contributed by atoms with Gasteiger partial charge in [-0.1, -0.05) is 22.0 Å². The Morgan fingerprint density at radius 1 is 1.56 bits per heavy atom. The molecular weight excluding hydrogens is 268 g/mol. The molecule has 1 aromatic carbocycles. The minimum Gasteiger partial charge on any atom is -0.371 e. The lowest BCUT2D eigenvalue weighted by Crippen LogP contribution is -2.27. The highest BCUT2D eigenvalue weighted by atomic mass is 79.9. The second kappa shape index (κ2) is 4.45. The molecule has 86 valence electrons. The van der Waals surface area contributed by atoms with Crippen LogP contribution in [-0.2, 0) is 4.79 Å². The van der Waals surface area contributed by atoms with E-state index in [0.717, 1.165) is 29.7 Å². The molecule has 4 heteroatoms. The first-order valence-electron chi connectivity index (χ1n) is 5.38. The van der Waals surface area contributed by atoms with Crippen LogP contribution in [0.15, 0.2) is 22.7 Å². The van der Waals surface area contributed by atoms with Crippen molar-refractivity contribution in [2.24, 2.45) is 11.7 Å². The second-order valence-electron chi connectivity index (χ2n) is 4.27. The number of aryl methyl sites for hydroxylation is 1. The van der Waals surface area contributed by atoms with E-state index in [4.69, 9.17) is 5.73 Å². The standard InChI is InChI=1S/C12H15BrN2O/c1-8-2-3-10(6-11(8)13)15-5-4-9(7-15)12(14)16/h2-3,6,9H,4-5,7H2,1H3,(H2,14,16). The highest BCUT2D eigenvalue weighted by Crippen LogP contribution is 2.27. The quantitative estimate of drug-likeness (QED) is 0.903. The van der Waals surface area contributed by atoms with Gasteiger partial charge in [0.15, 0.2) is 0 Å². The van der Waals surface area contributed by atoms with Crippen LogP contribution in [-0.4, -0.2) is 19.0 Å². The first kappa shape index (κ1) is 11.5.